The molecule has 1 aromatic carbocycles. The van der Waals surface area contributed by atoms with Gasteiger partial charge >= 0.3 is 0 Å². The van der Waals surface area contributed by atoms with Gasteiger partial charge in [0.1, 0.15) is 5.75 Å². The molecule has 0 aliphatic carbocycles. The van der Waals surface area contributed by atoms with Gasteiger partial charge in [0.15, 0.2) is 0 Å². The van der Waals surface area contributed by atoms with Crippen LogP contribution in [0.25, 0.3) is 0 Å². The molecule has 0 saturated carbocycles. The second-order valence-corrected chi connectivity index (χ2v) is 4.58. The molecule has 2 N–H and O–H groups in total. The molecule has 0 radical (unpaired) electrons. The molecule has 0 aromatic heterocycles. The number of benzene rings is 1. The summed E-state index contributed by atoms with van der Waals surface area (Å²) in [6.07, 6.45) is 0.876. The van der Waals surface area contributed by atoms with Gasteiger partial charge in [-0.15, -0.1) is 0 Å². The lowest BCUT2D eigenvalue weighted by atomic mass is 10.1. The van der Waals surface area contributed by atoms with Crippen molar-refractivity contribution in [3.05, 3.63) is 28.2 Å². The first-order valence-electron chi connectivity index (χ1n) is 5.32. The second-order valence-electron chi connectivity index (χ2n) is 3.67. The van der Waals surface area contributed by atoms with Crippen LogP contribution in [0.4, 0.5) is 0 Å². The molecule has 16 heavy (non-hydrogen) atoms. The van der Waals surface area contributed by atoms with E-state index in [2.05, 4.69) is 15.9 Å². The molecule has 0 aliphatic rings. The smallest absolute Gasteiger partial charge is 0.125 e. The third-order valence-corrected chi connectivity index (χ3v) is 2.71. The number of ether oxygens (including phenoxy) is 2. The lowest BCUT2D eigenvalue weighted by Gasteiger charge is -2.14. The fraction of sp³-hybridized carbons (Fsp3) is 0.500. The molecule has 1 rings (SSSR count). The highest BCUT2D eigenvalue weighted by Crippen LogP contribution is 2.27. The molecule has 0 heterocycles. The van der Waals surface area contributed by atoms with Crippen LogP contribution in [0.3, 0.4) is 0 Å². The number of hydrogen-bond acceptors (Lipinski definition) is 3. The van der Waals surface area contributed by atoms with Gasteiger partial charge in [0.25, 0.3) is 0 Å². The molecule has 90 valence electrons. The van der Waals surface area contributed by atoms with Crippen LogP contribution in [-0.2, 0) is 4.74 Å². The summed E-state index contributed by atoms with van der Waals surface area (Å²) in [6.45, 7) is 3.30. The highest BCUT2D eigenvalue weighted by Gasteiger charge is 2.08. The number of nitrogens with two attached hydrogens (primary N) is 1. The van der Waals surface area contributed by atoms with Crippen LogP contribution in [0.15, 0.2) is 22.7 Å². The normalized spacial score (nSPS) is 12.5. The molecule has 1 aromatic rings. The van der Waals surface area contributed by atoms with Crippen molar-refractivity contribution >= 4 is 15.9 Å². The van der Waals surface area contributed by atoms with Gasteiger partial charge in [0.2, 0.25) is 0 Å². The SMILES string of the molecule is COCCCOc1cc(Br)ccc1[C@H](C)N. The van der Waals surface area contributed by atoms with E-state index < -0.39 is 0 Å². The van der Waals surface area contributed by atoms with Gasteiger partial charge in [-0.25, -0.2) is 0 Å². The van der Waals surface area contributed by atoms with Crippen molar-refractivity contribution < 1.29 is 9.47 Å². The summed E-state index contributed by atoms with van der Waals surface area (Å²) < 4.78 is 11.7. The van der Waals surface area contributed by atoms with E-state index in [-0.39, 0.29) is 6.04 Å². The maximum Gasteiger partial charge on any atom is 0.125 e. The van der Waals surface area contributed by atoms with Gasteiger partial charge in [0.05, 0.1) is 6.61 Å². The first kappa shape index (κ1) is 13.5. The first-order valence-corrected chi connectivity index (χ1v) is 6.11. The van der Waals surface area contributed by atoms with Crippen molar-refractivity contribution in [3.63, 3.8) is 0 Å². The van der Waals surface area contributed by atoms with Gasteiger partial charge in [-0.05, 0) is 19.1 Å². The average molecular weight is 288 g/mol. The summed E-state index contributed by atoms with van der Waals surface area (Å²) in [5, 5.41) is 0. The maximum atomic E-state index is 5.88. The lowest BCUT2D eigenvalue weighted by Crippen LogP contribution is -2.09. The van der Waals surface area contributed by atoms with Crippen LogP contribution in [-0.4, -0.2) is 20.3 Å². The Labute approximate surface area is 105 Å². The highest BCUT2D eigenvalue weighted by molar-refractivity contribution is 9.10. The Morgan fingerprint density at radius 3 is 2.75 bits per heavy atom. The van der Waals surface area contributed by atoms with E-state index in [1.54, 1.807) is 7.11 Å². The Balaban J connectivity index is 2.65. The van der Waals surface area contributed by atoms with Crippen LogP contribution in [0.5, 0.6) is 5.75 Å². The van der Waals surface area contributed by atoms with Crippen LogP contribution in [0.1, 0.15) is 24.9 Å². The van der Waals surface area contributed by atoms with Crippen molar-refractivity contribution in [2.45, 2.75) is 19.4 Å². The molecule has 4 heteroatoms. The highest BCUT2D eigenvalue weighted by atomic mass is 79.9. The van der Waals surface area contributed by atoms with Crippen LogP contribution in [0.2, 0.25) is 0 Å². The topological polar surface area (TPSA) is 44.5 Å². The summed E-state index contributed by atoms with van der Waals surface area (Å²) in [6, 6.07) is 5.89. The molecule has 3 nitrogen and oxygen atoms in total. The first-order chi connectivity index (χ1) is 7.65. The van der Waals surface area contributed by atoms with E-state index in [4.69, 9.17) is 15.2 Å². The molecule has 0 aliphatic heterocycles. The molecule has 0 fully saturated rings. The van der Waals surface area contributed by atoms with Gasteiger partial charge in [0, 0.05) is 36.2 Å². The number of methoxy groups -OCH3 is 1. The van der Waals surface area contributed by atoms with E-state index in [0.717, 1.165) is 22.2 Å². The van der Waals surface area contributed by atoms with Crippen LogP contribution < -0.4 is 10.5 Å². The van der Waals surface area contributed by atoms with Gasteiger partial charge in [-0.3, -0.25) is 0 Å². The van der Waals surface area contributed by atoms with Gasteiger partial charge in [-0.1, -0.05) is 22.0 Å². The van der Waals surface area contributed by atoms with Crippen molar-refractivity contribution in [1.29, 1.82) is 0 Å². The fourth-order valence-corrected chi connectivity index (χ4v) is 1.73. The molecule has 1 atom stereocenters. The van der Waals surface area contributed by atoms with Crippen molar-refractivity contribution in [1.82, 2.24) is 0 Å². The Morgan fingerprint density at radius 1 is 1.38 bits per heavy atom. The summed E-state index contributed by atoms with van der Waals surface area (Å²) in [7, 11) is 1.69. The summed E-state index contributed by atoms with van der Waals surface area (Å²) >= 11 is 3.42. The zero-order valence-corrected chi connectivity index (χ0v) is 11.3. The zero-order valence-electron chi connectivity index (χ0n) is 9.70. The summed E-state index contributed by atoms with van der Waals surface area (Å²) in [4.78, 5) is 0. The van der Waals surface area contributed by atoms with Crippen molar-refractivity contribution in [2.75, 3.05) is 20.3 Å². The molecular formula is C12H18BrNO2. The number of rotatable bonds is 6. The predicted molar refractivity (Wildman–Crippen MR) is 68.7 cm³/mol. The Morgan fingerprint density at radius 2 is 2.12 bits per heavy atom. The third-order valence-electron chi connectivity index (χ3n) is 2.22. The quantitative estimate of drug-likeness (QED) is 0.819. The third kappa shape index (κ3) is 4.12. The second kappa shape index (κ2) is 6.89. The minimum Gasteiger partial charge on any atom is -0.493 e. The zero-order chi connectivity index (χ0) is 12.0. The number of hydrogen-bond donors (Lipinski definition) is 1. The summed E-state index contributed by atoms with van der Waals surface area (Å²) in [5.41, 5.74) is 6.90. The lowest BCUT2D eigenvalue weighted by molar-refractivity contribution is 0.171. The monoisotopic (exact) mass is 287 g/mol. The minimum atomic E-state index is -0.0227. The number of halogens is 1. The molecule has 0 spiro atoms. The standard InChI is InChI=1S/C12H18BrNO2/c1-9(14)11-5-4-10(13)8-12(11)16-7-3-6-15-2/h4-5,8-9H,3,6-7,14H2,1-2H3/t9-/m0/s1. The average Bonchev–Trinajstić information content (AvgIpc) is 2.24. The van der Waals surface area contributed by atoms with E-state index in [0.29, 0.717) is 13.2 Å². The minimum absolute atomic E-state index is 0.0227. The predicted octanol–water partition coefficient (Wildman–Crippen LogP) is 2.88. The summed E-state index contributed by atoms with van der Waals surface area (Å²) in [5.74, 6) is 0.848. The Bertz CT molecular complexity index is 329. The largest absolute Gasteiger partial charge is 0.493 e. The molecular weight excluding hydrogens is 270 g/mol. The van der Waals surface area contributed by atoms with Crippen molar-refractivity contribution in [2.24, 2.45) is 5.73 Å². The molecule has 0 amide bonds. The Kier molecular flexibility index (Phi) is 5.80. The van der Waals surface area contributed by atoms with Crippen molar-refractivity contribution in [3.8, 4) is 5.75 Å². The van der Waals surface area contributed by atoms with E-state index in [1.807, 2.05) is 25.1 Å². The molecule has 0 unspecified atom stereocenters. The maximum absolute atomic E-state index is 5.88. The van der Waals surface area contributed by atoms with Crippen LogP contribution in [0, 0.1) is 0 Å². The Hall–Kier alpha value is -0.580. The van der Waals surface area contributed by atoms with E-state index in [9.17, 15) is 0 Å². The molecule has 0 bridgehead atoms. The van der Waals surface area contributed by atoms with Gasteiger partial charge in [-0.2, -0.15) is 0 Å². The van der Waals surface area contributed by atoms with Crippen LogP contribution >= 0.6 is 15.9 Å². The molecule has 0 saturated heterocycles. The van der Waals surface area contributed by atoms with E-state index >= 15 is 0 Å². The van der Waals surface area contributed by atoms with Gasteiger partial charge < -0.3 is 15.2 Å². The van der Waals surface area contributed by atoms with E-state index in [1.165, 1.54) is 0 Å². The fourth-order valence-electron chi connectivity index (χ4n) is 1.39.